The minimum absolute atomic E-state index is 0. The Kier molecular flexibility index (Phi) is 35.6. The Morgan fingerprint density at radius 2 is 0.685 bits per heavy atom. The van der Waals surface area contributed by atoms with Gasteiger partial charge in [-0.1, -0.05) is 54.6 Å². The van der Waals surface area contributed by atoms with Gasteiger partial charge in [0, 0.05) is 127 Å². The molecule has 4 heterocycles. The molecule has 11 N–H and O–H groups in total. The maximum absolute atomic E-state index is 13.8. The number of guanidine groups is 1. The Labute approximate surface area is 867 Å². The summed E-state index contributed by atoms with van der Waals surface area (Å²) in [5, 5.41) is 60.3. The Hall–Kier alpha value is -12.5. The third-order valence-corrected chi connectivity index (χ3v) is 30.9. The number of aliphatic imine (C=N–C) groups is 1. The summed E-state index contributed by atoms with van der Waals surface area (Å²) in [7, 11) is 18.5. The van der Waals surface area contributed by atoms with Crippen LogP contribution in [0.25, 0.3) is 0 Å². The number of rotatable bonds is 15. The van der Waals surface area contributed by atoms with Gasteiger partial charge in [0.1, 0.15) is 63.2 Å². The number of urea groups is 2. The normalized spacial score (nSPS) is 26.2. The van der Waals surface area contributed by atoms with E-state index in [0.717, 1.165) is 193 Å². The SMILES string of the molecule is CC(=O)O.CC(=O)O.CC(C)(C)OO.COC1CCC2(CC1)Cc1ccc(O)cc1C21NC(=O)N(C)C1=O.COc1cccc(B(O)O)c1.COc1cccc(Oc2ccc3c(c2)C2(N=C(N)N(C)C2=O)C2(CCC(OC)CC2)C3)c1.COc1cccc(Oc2ccc3c(c2)C2(NC(=O)N(C)C2=O)C2(CCC(OC)CC2)C3)c1.COc1cccc(Oc2ccc3c(c2)C2(NC(=S)N(C)C2=O)C2(CCC(OC)CC2)C3)c1.[Cu]. The molecular weight excluding hydrogens is 1950 g/mol. The number of ether oxygens (including phenoxy) is 11. The first kappa shape index (κ1) is 112. The standard InChI is InChI=1S/C25H29N3O4.C25H28N2O5.C25H28N2O4S.C18H22N2O4.C7H9BO3.C4H10O2.2C2H4O2.Cu/c1-28-22(29)25(27-23(28)26)21-14-20(32-19-6-4-5-18(13-19)31-3)8-7-16(21)15-24(25)11-9-17(30-2)10-12-24;1-27-22(28)25(26-23(27)29)21-14-20(32-19-6-4-5-18(13-19)31-3)8-7-16(21)15-24(25)11-9-17(30-2)10-12-24;1-27-22(28)25(26-23(27)32)21-14-20(31-19-6-4-5-18(13-19)30-3)8-7-16(21)15-24(25)11-9-17(29-2)10-12-24;1-20-15(22)18(19-16(20)23)14-9-12(21)4-3-11(14)10-17(18)7-5-13(24-2)6-8-17;1-11-7-4-2-3-6(5-7)8(9)10;1-4(2,3)6-5;2*1-2(3)4;/h4-8,13-14,17H,9-12,15H2,1-3H3,(H2,26,27);4-8,13-14,17H,9-12,15H2,1-3H3,(H,26,29);4-8,13-14,17H,9-12,15H2,1-3H3,(H,26,32);3-4,9,13,21H,5-8,10H2,1-2H3,(H,19,23);2-5,9-10H,1H3;5H,1-3H3;2*1H3,(H,3,4);. The van der Waals surface area contributed by atoms with Crippen LogP contribution in [0.5, 0.6) is 63.2 Å². The molecule has 4 aliphatic heterocycles. The van der Waals surface area contributed by atoms with E-state index in [-0.39, 0.29) is 111 Å². The minimum atomic E-state index is -1.43. The fourth-order valence-electron chi connectivity index (χ4n) is 23.2. The van der Waals surface area contributed by atoms with Gasteiger partial charge in [0.15, 0.2) is 33.2 Å². The van der Waals surface area contributed by atoms with Crippen LogP contribution in [0.15, 0.2) is 175 Å². The zero-order chi connectivity index (χ0) is 105. The van der Waals surface area contributed by atoms with Crippen molar-refractivity contribution in [2.75, 3.05) is 85.1 Å². The molecule has 8 spiro atoms. The number of amides is 8. The number of thiocarbonyl (C=S) groups is 1. The molecule has 12 aliphatic rings. The number of likely N-dealkylation sites (N-methyl/N-ethyl adjacent to an activating group) is 4. The summed E-state index contributed by atoms with van der Waals surface area (Å²) in [6, 6.07) is 51.4. The van der Waals surface area contributed by atoms with E-state index >= 15 is 0 Å². The second-order valence-electron chi connectivity index (χ2n) is 39.8. The van der Waals surface area contributed by atoms with E-state index in [2.05, 4.69) is 33.0 Å². The zero-order valence-corrected chi connectivity index (χ0v) is 87.3. The van der Waals surface area contributed by atoms with Crippen LogP contribution in [0.2, 0.25) is 0 Å². The third kappa shape index (κ3) is 22.1. The molecule has 0 bridgehead atoms. The van der Waals surface area contributed by atoms with E-state index in [1.54, 1.807) is 133 Å². The number of phenolic OH excluding ortho intramolecular Hbond substituents is 1. The van der Waals surface area contributed by atoms with E-state index in [9.17, 15) is 33.9 Å². The van der Waals surface area contributed by atoms with E-state index in [1.807, 2.05) is 121 Å². The molecule has 8 aromatic rings. The van der Waals surface area contributed by atoms with Crippen molar-refractivity contribution in [2.24, 2.45) is 32.4 Å². The zero-order valence-electron chi connectivity index (χ0n) is 85.6. The number of aliphatic carboxylic acids is 2. The average Bonchev–Trinajstić information content (AvgIpc) is 1.54. The van der Waals surface area contributed by atoms with Crippen molar-refractivity contribution in [3.63, 3.8) is 0 Å². The number of nitrogens with two attached hydrogens (primary N) is 1. The van der Waals surface area contributed by atoms with Gasteiger partial charge < -0.3 is 99.2 Å². The van der Waals surface area contributed by atoms with Crippen LogP contribution >= 0.6 is 12.2 Å². The summed E-state index contributed by atoms with van der Waals surface area (Å²) in [6.07, 6.45) is 17.9. The number of phenols is 1. The summed E-state index contributed by atoms with van der Waals surface area (Å²) in [4.78, 5) is 112. The second kappa shape index (κ2) is 46.3. The average molecular weight is 2080 g/mol. The third-order valence-electron chi connectivity index (χ3n) is 30.5. The Morgan fingerprint density at radius 1 is 0.404 bits per heavy atom. The van der Waals surface area contributed by atoms with Gasteiger partial charge in [-0.15, -0.1) is 0 Å². The quantitative estimate of drug-likeness (QED) is 0.0150. The summed E-state index contributed by atoms with van der Waals surface area (Å²) >= 11 is 5.55. The number of aromatic hydroxyl groups is 1. The molecule has 3 saturated heterocycles. The number of carbonyl (C=O) groups excluding carboxylic acids is 6. The van der Waals surface area contributed by atoms with Crippen molar-refractivity contribution in [3.05, 3.63) is 214 Å². The predicted octanol–water partition coefficient (Wildman–Crippen LogP) is 14.5. The molecule has 4 saturated carbocycles. The molecule has 0 aromatic heterocycles. The molecule has 38 heteroatoms. The summed E-state index contributed by atoms with van der Waals surface area (Å²) in [5.41, 5.74) is 8.91. The first-order chi connectivity index (χ1) is 69.0. The number of methoxy groups -OCH3 is 8. The molecule has 8 amide bonds. The summed E-state index contributed by atoms with van der Waals surface area (Å²) in [6.45, 7) is 7.48. The van der Waals surface area contributed by atoms with Crippen LogP contribution in [-0.4, -0.2) is 231 Å². The first-order valence-corrected chi connectivity index (χ1v) is 48.8. The van der Waals surface area contributed by atoms with Crippen LogP contribution in [-0.2, 0) is 118 Å². The van der Waals surface area contributed by atoms with Gasteiger partial charge in [0.2, 0.25) is 0 Å². The first-order valence-electron chi connectivity index (χ1n) is 48.4. The molecule has 1 radical (unpaired) electrons. The number of nitrogens with one attached hydrogen (secondary N) is 3. The van der Waals surface area contributed by atoms with Gasteiger partial charge in [0.25, 0.3) is 35.6 Å². The Morgan fingerprint density at radius 3 is 0.979 bits per heavy atom. The Balaban J connectivity index is 0.000000160. The number of nitrogens with zero attached hydrogens (tertiary/aromatic N) is 5. The maximum atomic E-state index is 13.8. The van der Waals surface area contributed by atoms with Crippen LogP contribution in [0.1, 0.15) is 182 Å². The molecule has 787 valence electrons. The van der Waals surface area contributed by atoms with Crippen molar-refractivity contribution in [2.45, 2.75) is 215 Å². The van der Waals surface area contributed by atoms with Gasteiger partial charge >= 0.3 is 19.2 Å². The van der Waals surface area contributed by atoms with Gasteiger partial charge in [0.05, 0.1) is 58.5 Å². The van der Waals surface area contributed by atoms with Crippen LogP contribution in [0, 0.1) is 21.7 Å². The maximum Gasteiger partial charge on any atom is 0.488 e. The number of hydrogen-bond acceptors (Lipinski definition) is 27. The van der Waals surface area contributed by atoms with Gasteiger partial charge in [-0.05, 0) is 308 Å². The molecule has 7 fully saturated rings. The van der Waals surface area contributed by atoms with E-state index < -0.39 is 46.8 Å². The minimum Gasteiger partial charge on any atom is -0.508 e. The van der Waals surface area contributed by atoms with Crippen molar-refractivity contribution in [3.8, 4) is 63.2 Å². The van der Waals surface area contributed by atoms with Crippen LogP contribution < -0.4 is 60.3 Å². The van der Waals surface area contributed by atoms with E-state index in [0.29, 0.717) is 56.6 Å². The van der Waals surface area contributed by atoms with Crippen molar-refractivity contribution in [1.82, 2.24) is 35.6 Å². The topological polar surface area (TPSA) is 456 Å². The fraction of sp³-hybridized carbons (Fsp3) is 0.463. The molecule has 146 heavy (non-hydrogen) atoms. The second-order valence-corrected chi connectivity index (χ2v) is 40.2. The molecule has 8 aromatic carbocycles. The smallest absolute Gasteiger partial charge is 0.488 e. The number of carbonyl (C=O) groups is 8. The number of carboxylic acid groups (broad SMARTS) is 2. The van der Waals surface area contributed by atoms with Crippen molar-refractivity contribution < 1.29 is 143 Å². The van der Waals surface area contributed by atoms with Crippen molar-refractivity contribution >= 4 is 83.5 Å². The monoisotopic (exact) mass is 2080 g/mol. The molecule has 4 atom stereocenters. The van der Waals surface area contributed by atoms with Crippen LogP contribution in [0.4, 0.5) is 9.59 Å². The Bertz CT molecular complexity index is 5940. The number of hydrogen-bond donors (Lipinski definition) is 10. The molecule has 4 unspecified atom stereocenters. The summed E-state index contributed by atoms with van der Waals surface area (Å²) in [5.74, 6) is 5.04. The summed E-state index contributed by atoms with van der Waals surface area (Å²) < 4.78 is 61.5. The largest absolute Gasteiger partial charge is 0.508 e. The van der Waals surface area contributed by atoms with Gasteiger partial charge in [-0.2, -0.15) is 0 Å². The number of imide groups is 2. The molecule has 20 rings (SSSR count). The molecule has 35 nitrogen and oxygen atoms in total. The number of benzene rings is 8. The number of carboxylic acids is 2. The van der Waals surface area contributed by atoms with Gasteiger partial charge in [-0.25, -0.2) is 19.5 Å². The molecular formula is C108H134BCuN9O26S. The fourth-order valence-corrected chi connectivity index (χ4v) is 23.4. The van der Waals surface area contributed by atoms with Crippen LogP contribution in [0.3, 0.4) is 0 Å². The molecule has 8 aliphatic carbocycles. The van der Waals surface area contributed by atoms with E-state index in [1.165, 1.54) is 34.4 Å². The van der Waals surface area contributed by atoms with Crippen molar-refractivity contribution in [1.29, 1.82) is 0 Å². The predicted molar refractivity (Wildman–Crippen MR) is 543 cm³/mol. The van der Waals surface area contributed by atoms with E-state index in [4.69, 9.17) is 110 Å². The number of fused-ring (bicyclic) bond motifs is 12. The van der Waals surface area contributed by atoms with Gasteiger partial charge in [-0.3, -0.25) is 53.6 Å².